The second kappa shape index (κ2) is 10.9. The smallest absolute Gasteiger partial charge is 0.236 e. The number of ether oxygens (including phenoxy) is 1. The van der Waals surface area contributed by atoms with E-state index in [0.717, 1.165) is 52.2 Å². The molecule has 0 bridgehead atoms. The van der Waals surface area contributed by atoms with Crippen LogP contribution in [-0.2, 0) is 9.53 Å². The maximum absolute atomic E-state index is 12.3. The van der Waals surface area contributed by atoms with E-state index in [4.69, 9.17) is 4.74 Å². The van der Waals surface area contributed by atoms with Crippen molar-refractivity contribution in [2.24, 2.45) is 0 Å². The highest BCUT2D eigenvalue weighted by atomic mass is 35.5. The maximum Gasteiger partial charge on any atom is 0.236 e. The third-order valence-electron chi connectivity index (χ3n) is 4.76. The molecule has 2 saturated heterocycles. The number of amides is 1. The number of rotatable bonds is 5. The minimum absolute atomic E-state index is 0. The summed E-state index contributed by atoms with van der Waals surface area (Å²) in [6.07, 6.45) is 2.54. The quantitative estimate of drug-likeness (QED) is 0.838. The van der Waals surface area contributed by atoms with Crippen LogP contribution in [0.2, 0.25) is 0 Å². The van der Waals surface area contributed by atoms with E-state index in [1.165, 1.54) is 11.3 Å². The first kappa shape index (κ1) is 22.0. The highest BCUT2D eigenvalue weighted by Gasteiger charge is 2.22. The Morgan fingerprint density at radius 2 is 1.92 bits per heavy atom. The van der Waals surface area contributed by atoms with Crippen LogP contribution in [0.5, 0.6) is 0 Å². The Labute approximate surface area is 162 Å². The van der Waals surface area contributed by atoms with E-state index in [-0.39, 0.29) is 30.7 Å². The molecule has 0 spiro atoms. The molecule has 2 heterocycles. The number of hydrogen-bond donors (Lipinski definition) is 1. The van der Waals surface area contributed by atoms with Crippen LogP contribution in [0.25, 0.3) is 0 Å². The van der Waals surface area contributed by atoms with E-state index in [1.807, 2.05) is 4.90 Å². The van der Waals surface area contributed by atoms with Crippen molar-refractivity contribution in [3.05, 3.63) is 29.8 Å². The summed E-state index contributed by atoms with van der Waals surface area (Å²) in [5.74, 6) is 0.201. The first-order valence-electron chi connectivity index (χ1n) is 8.65. The second-order valence-corrected chi connectivity index (χ2v) is 6.42. The average molecular weight is 390 g/mol. The van der Waals surface area contributed by atoms with Crippen molar-refractivity contribution < 1.29 is 9.53 Å². The van der Waals surface area contributed by atoms with Crippen molar-refractivity contribution in [1.82, 2.24) is 10.2 Å². The molecule has 5 nitrogen and oxygen atoms in total. The molecule has 1 N–H and O–H groups in total. The Kier molecular flexibility index (Phi) is 9.57. The van der Waals surface area contributed by atoms with E-state index < -0.39 is 0 Å². The number of anilines is 1. The number of nitrogens with one attached hydrogen (secondary N) is 1. The van der Waals surface area contributed by atoms with Crippen molar-refractivity contribution >= 4 is 36.4 Å². The Morgan fingerprint density at radius 1 is 1.20 bits per heavy atom. The van der Waals surface area contributed by atoms with Crippen LogP contribution in [0, 0.1) is 6.92 Å². The van der Waals surface area contributed by atoms with Gasteiger partial charge in [0, 0.05) is 45.0 Å². The summed E-state index contributed by atoms with van der Waals surface area (Å²) in [6.45, 7) is 7.62. The van der Waals surface area contributed by atoms with Crippen LogP contribution in [0.1, 0.15) is 18.4 Å². The summed E-state index contributed by atoms with van der Waals surface area (Å²) in [6, 6.07) is 8.45. The molecule has 2 aliphatic heterocycles. The van der Waals surface area contributed by atoms with Gasteiger partial charge in [-0.1, -0.05) is 18.2 Å². The zero-order valence-electron chi connectivity index (χ0n) is 14.8. The van der Waals surface area contributed by atoms with Gasteiger partial charge >= 0.3 is 0 Å². The molecule has 1 atom stereocenters. The first-order valence-corrected chi connectivity index (χ1v) is 8.65. The van der Waals surface area contributed by atoms with Gasteiger partial charge in [-0.05, 0) is 31.4 Å². The van der Waals surface area contributed by atoms with E-state index in [9.17, 15) is 4.79 Å². The molecule has 0 radical (unpaired) electrons. The van der Waals surface area contributed by atoms with Crippen LogP contribution in [0.3, 0.4) is 0 Å². The topological polar surface area (TPSA) is 44.8 Å². The van der Waals surface area contributed by atoms with Gasteiger partial charge in [0.05, 0.1) is 12.6 Å². The fourth-order valence-corrected chi connectivity index (χ4v) is 3.37. The van der Waals surface area contributed by atoms with Crippen molar-refractivity contribution in [1.29, 1.82) is 0 Å². The lowest BCUT2D eigenvalue weighted by Crippen LogP contribution is -2.51. The molecule has 1 unspecified atom stereocenters. The third kappa shape index (κ3) is 6.03. The summed E-state index contributed by atoms with van der Waals surface area (Å²) in [4.78, 5) is 16.6. The highest BCUT2D eigenvalue weighted by Crippen LogP contribution is 2.20. The van der Waals surface area contributed by atoms with Gasteiger partial charge in [-0.3, -0.25) is 4.79 Å². The fourth-order valence-electron chi connectivity index (χ4n) is 3.37. The summed E-state index contributed by atoms with van der Waals surface area (Å²) in [7, 11) is 0. The molecule has 2 fully saturated rings. The molecule has 1 aromatic carbocycles. The summed E-state index contributed by atoms with van der Waals surface area (Å²) in [5.41, 5.74) is 2.58. The molecule has 25 heavy (non-hydrogen) atoms. The van der Waals surface area contributed by atoms with Gasteiger partial charge in [0.25, 0.3) is 0 Å². The largest absolute Gasteiger partial charge is 0.377 e. The molecule has 1 aromatic rings. The minimum atomic E-state index is 0. The Hall–Kier alpha value is -1.01. The lowest BCUT2D eigenvalue weighted by Gasteiger charge is -2.37. The van der Waals surface area contributed by atoms with Gasteiger partial charge in [-0.25, -0.2) is 0 Å². The molecular weight excluding hydrogens is 361 g/mol. The number of piperazine rings is 1. The van der Waals surface area contributed by atoms with E-state index >= 15 is 0 Å². The van der Waals surface area contributed by atoms with Crippen LogP contribution in [0.4, 0.5) is 5.69 Å². The monoisotopic (exact) mass is 389 g/mol. The number of para-hydroxylation sites is 1. The molecule has 142 valence electrons. The van der Waals surface area contributed by atoms with Crippen molar-refractivity contribution in [2.45, 2.75) is 25.9 Å². The number of nitrogens with zero attached hydrogens (tertiary/aromatic N) is 2. The third-order valence-corrected chi connectivity index (χ3v) is 4.76. The number of halogens is 2. The SMILES string of the molecule is Cc1ccccc1N1CCN(C(=O)CNCC2CCCO2)CC1.Cl.Cl. The maximum atomic E-state index is 12.3. The molecule has 0 aromatic heterocycles. The average Bonchev–Trinajstić information content (AvgIpc) is 3.09. The molecule has 2 aliphatic rings. The normalized spacial score (nSPS) is 20.0. The molecular formula is C18H29Cl2N3O2. The zero-order valence-corrected chi connectivity index (χ0v) is 16.4. The van der Waals surface area contributed by atoms with Crippen LogP contribution in [-0.4, -0.2) is 62.8 Å². The van der Waals surface area contributed by atoms with Gasteiger partial charge in [0.1, 0.15) is 0 Å². The number of benzene rings is 1. The van der Waals surface area contributed by atoms with Crippen molar-refractivity contribution in [2.75, 3.05) is 50.8 Å². The van der Waals surface area contributed by atoms with Crippen LogP contribution >= 0.6 is 24.8 Å². The molecule has 1 amide bonds. The summed E-state index contributed by atoms with van der Waals surface area (Å²) >= 11 is 0. The predicted molar refractivity (Wildman–Crippen MR) is 106 cm³/mol. The lowest BCUT2D eigenvalue weighted by molar-refractivity contribution is -0.130. The molecule has 0 saturated carbocycles. The Morgan fingerprint density at radius 3 is 2.56 bits per heavy atom. The first-order chi connectivity index (χ1) is 11.2. The Bertz CT molecular complexity index is 531. The van der Waals surface area contributed by atoms with Gasteiger partial charge in [0.15, 0.2) is 0 Å². The van der Waals surface area contributed by atoms with Gasteiger partial charge in [-0.2, -0.15) is 0 Å². The predicted octanol–water partition coefficient (Wildman–Crippen LogP) is 2.26. The van der Waals surface area contributed by atoms with E-state index in [2.05, 4.69) is 41.4 Å². The summed E-state index contributed by atoms with van der Waals surface area (Å²) in [5, 5.41) is 3.25. The standard InChI is InChI=1S/C18H27N3O2.2ClH/c1-15-5-2-3-7-17(15)20-8-10-21(11-9-20)18(22)14-19-13-16-6-4-12-23-16;;/h2-3,5,7,16,19H,4,6,8-14H2,1H3;2*1H. The number of carbonyl (C=O) groups is 1. The number of aryl methyl sites for hydroxylation is 1. The second-order valence-electron chi connectivity index (χ2n) is 6.42. The Balaban J connectivity index is 0.00000156. The van der Waals surface area contributed by atoms with Crippen molar-refractivity contribution in [3.63, 3.8) is 0 Å². The number of carbonyl (C=O) groups excluding carboxylic acids is 1. The van der Waals surface area contributed by atoms with Crippen LogP contribution < -0.4 is 10.2 Å². The molecule has 0 aliphatic carbocycles. The van der Waals surface area contributed by atoms with E-state index in [0.29, 0.717) is 12.6 Å². The van der Waals surface area contributed by atoms with E-state index in [1.54, 1.807) is 0 Å². The van der Waals surface area contributed by atoms with Crippen molar-refractivity contribution in [3.8, 4) is 0 Å². The fraction of sp³-hybridized carbons (Fsp3) is 0.611. The molecule has 3 rings (SSSR count). The van der Waals surface area contributed by atoms with Gasteiger partial charge < -0.3 is 19.9 Å². The number of hydrogen-bond acceptors (Lipinski definition) is 4. The highest BCUT2D eigenvalue weighted by molar-refractivity contribution is 5.85. The summed E-state index contributed by atoms with van der Waals surface area (Å²) < 4.78 is 5.56. The minimum Gasteiger partial charge on any atom is -0.377 e. The van der Waals surface area contributed by atoms with Gasteiger partial charge in [0.2, 0.25) is 5.91 Å². The van der Waals surface area contributed by atoms with Crippen LogP contribution in [0.15, 0.2) is 24.3 Å². The van der Waals surface area contributed by atoms with Gasteiger partial charge in [-0.15, -0.1) is 24.8 Å². The lowest BCUT2D eigenvalue weighted by atomic mass is 10.1. The zero-order chi connectivity index (χ0) is 16.1. The molecule has 7 heteroatoms.